The molecule has 1 N–H and O–H groups in total. The summed E-state index contributed by atoms with van der Waals surface area (Å²) in [5, 5.41) is 8.62. The van der Waals surface area contributed by atoms with Gasteiger partial charge in [0.15, 0.2) is 5.65 Å². The molecule has 1 amide bonds. The van der Waals surface area contributed by atoms with E-state index >= 15 is 0 Å². The minimum absolute atomic E-state index is 0.0123. The van der Waals surface area contributed by atoms with Crippen molar-refractivity contribution in [2.45, 2.75) is 33.7 Å². The molecule has 6 heteroatoms. The Balaban J connectivity index is 1.93. The molecule has 5 nitrogen and oxygen atoms in total. The zero-order chi connectivity index (χ0) is 22.1. The van der Waals surface area contributed by atoms with Gasteiger partial charge in [0, 0.05) is 11.6 Å². The number of carbonyl (C=O) groups is 1. The molecule has 0 aliphatic heterocycles. The Morgan fingerprint density at radius 2 is 1.77 bits per heavy atom. The molecule has 2 heterocycles. The molecule has 0 spiro atoms. The topological polar surface area (TPSA) is 59.8 Å². The molecule has 0 saturated carbocycles. The van der Waals surface area contributed by atoms with Crippen molar-refractivity contribution in [3.8, 4) is 16.9 Å². The summed E-state index contributed by atoms with van der Waals surface area (Å²) in [7, 11) is 0. The van der Waals surface area contributed by atoms with Crippen LogP contribution in [0.3, 0.4) is 0 Å². The van der Waals surface area contributed by atoms with Crippen LogP contribution in [0.2, 0.25) is 0 Å². The highest BCUT2D eigenvalue weighted by Gasteiger charge is 2.21. The normalized spacial score (nSPS) is 12.3. The molecule has 4 aromatic rings. The van der Waals surface area contributed by atoms with Gasteiger partial charge in [-0.3, -0.25) is 4.79 Å². The molecule has 0 fully saturated rings. The third kappa shape index (κ3) is 4.06. The molecular formula is C25H25FN4O. The lowest BCUT2D eigenvalue weighted by atomic mass is 10.0. The Kier molecular flexibility index (Phi) is 5.55. The highest BCUT2D eigenvalue weighted by atomic mass is 19.1. The van der Waals surface area contributed by atoms with Gasteiger partial charge < -0.3 is 5.32 Å². The Bertz CT molecular complexity index is 1250. The van der Waals surface area contributed by atoms with Crippen molar-refractivity contribution in [2.75, 3.05) is 0 Å². The summed E-state index contributed by atoms with van der Waals surface area (Å²) in [6, 6.07) is 17.8. The lowest BCUT2D eigenvalue weighted by Crippen LogP contribution is -2.36. The first-order valence-electron chi connectivity index (χ1n) is 10.4. The van der Waals surface area contributed by atoms with Crippen molar-refractivity contribution >= 4 is 16.9 Å². The van der Waals surface area contributed by atoms with E-state index in [9.17, 15) is 9.18 Å². The molecule has 0 aliphatic rings. The number of amides is 1. The standard InChI is InChI=1S/C25H25FN4O/c1-15(2)17(4)27-25(31)21-13-16(3)22-23(18-9-6-5-7-10-18)29-30(24(22)28-21)20-12-8-11-19(26)14-20/h5-15,17H,1-4H3,(H,27,31)/t17-/m0/s1. The van der Waals surface area contributed by atoms with Crippen LogP contribution in [0.15, 0.2) is 60.7 Å². The number of pyridine rings is 1. The smallest absolute Gasteiger partial charge is 0.270 e. The first kappa shape index (κ1) is 20.7. The van der Waals surface area contributed by atoms with Crippen molar-refractivity contribution in [1.82, 2.24) is 20.1 Å². The predicted molar refractivity (Wildman–Crippen MR) is 121 cm³/mol. The Hall–Kier alpha value is -3.54. The van der Waals surface area contributed by atoms with E-state index in [1.54, 1.807) is 22.9 Å². The first-order valence-corrected chi connectivity index (χ1v) is 10.4. The van der Waals surface area contributed by atoms with E-state index in [0.717, 1.165) is 22.2 Å². The summed E-state index contributed by atoms with van der Waals surface area (Å²) in [5.74, 6) is -0.297. The molecule has 0 saturated heterocycles. The van der Waals surface area contributed by atoms with Crippen LogP contribution in [0, 0.1) is 18.7 Å². The number of aromatic nitrogens is 3. The molecule has 0 aliphatic carbocycles. The van der Waals surface area contributed by atoms with Gasteiger partial charge in [0.25, 0.3) is 5.91 Å². The number of nitrogens with one attached hydrogen (secondary N) is 1. The SMILES string of the molecule is Cc1cc(C(=O)N[C@@H](C)C(C)C)nc2c1c(-c1ccccc1)nn2-c1cccc(F)c1. The summed E-state index contributed by atoms with van der Waals surface area (Å²) in [5.41, 5.74) is 3.94. The van der Waals surface area contributed by atoms with Gasteiger partial charge in [-0.1, -0.05) is 50.2 Å². The number of aryl methyl sites for hydroxylation is 1. The van der Waals surface area contributed by atoms with E-state index in [2.05, 4.69) is 24.1 Å². The van der Waals surface area contributed by atoms with Crippen LogP contribution in [0.4, 0.5) is 4.39 Å². The van der Waals surface area contributed by atoms with Crippen LogP contribution in [0.5, 0.6) is 0 Å². The zero-order valence-corrected chi connectivity index (χ0v) is 18.1. The van der Waals surface area contributed by atoms with Gasteiger partial charge >= 0.3 is 0 Å². The quantitative estimate of drug-likeness (QED) is 0.480. The molecule has 2 aromatic carbocycles. The van der Waals surface area contributed by atoms with Crippen LogP contribution >= 0.6 is 0 Å². The summed E-state index contributed by atoms with van der Waals surface area (Å²) >= 11 is 0. The van der Waals surface area contributed by atoms with Gasteiger partial charge in [0.1, 0.15) is 17.2 Å². The van der Waals surface area contributed by atoms with Crippen LogP contribution < -0.4 is 5.32 Å². The Morgan fingerprint density at radius 1 is 1.03 bits per heavy atom. The summed E-state index contributed by atoms with van der Waals surface area (Å²) in [6.45, 7) is 8.02. The minimum atomic E-state index is -0.362. The number of hydrogen-bond donors (Lipinski definition) is 1. The van der Waals surface area contributed by atoms with Gasteiger partial charge in [-0.05, 0) is 49.6 Å². The van der Waals surface area contributed by atoms with Crippen LogP contribution in [-0.4, -0.2) is 26.7 Å². The molecule has 2 aromatic heterocycles. The summed E-state index contributed by atoms with van der Waals surface area (Å²) in [6.07, 6.45) is 0. The van der Waals surface area contributed by atoms with Gasteiger partial charge in [-0.2, -0.15) is 5.10 Å². The average Bonchev–Trinajstić information content (AvgIpc) is 3.14. The number of hydrogen-bond acceptors (Lipinski definition) is 3. The molecular weight excluding hydrogens is 391 g/mol. The largest absolute Gasteiger partial charge is 0.348 e. The number of halogens is 1. The van der Waals surface area contributed by atoms with E-state index in [0.29, 0.717) is 22.9 Å². The van der Waals surface area contributed by atoms with Crippen molar-refractivity contribution in [2.24, 2.45) is 5.92 Å². The van der Waals surface area contributed by atoms with Crippen molar-refractivity contribution in [3.63, 3.8) is 0 Å². The summed E-state index contributed by atoms with van der Waals surface area (Å²) < 4.78 is 15.6. The highest BCUT2D eigenvalue weighted by Crippen LogP contribution is 2.31. The Morgan fingerprint density at radius 3 is 2.45 bits per heavy atom. The molecule has 158 valence electrons. The lowest BCUT2D eigenvalue weighted by Gasteiger charge is -2.17. The molecule has 31 heavy (non-hydrogen) atoms. The fourth-order valence-electron chi connectivity index (χ4n) is 3.45. The van der Waals surface area contributed by atoms with Crippen LogP contribution in [0.25, 0.3) is 28.0 Å². The van der Waals surface area contributed by atoms with E-state index in [1.807, 2.05) is 44.2 Å². The second-order valence-corrected chi connectivity index (χ2v) is 8.14. The van der Waals surface area contributed by atoms with E-state index in [-0.39, 0.29) is 17.8 Å². The molecule has 0 unspecified atom stereocenters. The van der Waals surface area contributed by atoms with Gasteiger partial charge in [-0.25, -0.2) is 14.1 Å². The second kappa shape index (κ2) is 8.30. The maximum atomic E-state index is 14.0. The predicted octanol–water partition coefficient (Wildman–Crippen LogP) is 5.31. The van der Waals surface area contributed by atoms with Gasteiger partial charge in [0.05, 0.1) is 11.1 Å². The van der Waals surface area contributed by atoms with Gasteiger partial charge in [-0.15, -0.1) is 0 Å². The monoisotopic (exact) mass is 416 g/mol. The number of carbonyl (C=O) groups excluding carboxylic acids is 1. The van der Waals surface area contributed by atoms with Gasteiger partial charge in [0.2, 0.25) is 0 Å². The van der Waals surface area contributed by atoms with E-state index in [4.69, 9.17) is 5.10 Å². The highest BCUT2D eigenvalue weighted by molar-refractivity contribution is 5.99. The van der Waals surface area contributed by atoms with Crippen molar-refractivity contribution < 1.29 is 9.18 Å². The maximum absolute atomic E-state index is 14.0. The third-order valence-electron chi connectivity index (χ3n) is 5.53. The van der Waals surface area contributed by atoms with Crippen LogP contribution in [-0.2, 0) is 0 Å². The average molecular weight is 417 g/mol. The number of benzene rings is 2. The summed E-state index contributed by atoms with van der Waals surface area (Å²) in [4.78, 5) is 17.5. The number of rotatable bonds is 5. The van der Waals surface area contributed by atoms with Crippen LogP contribution in [0.1, 0.15) is 36.8 Å². The van der Waals surface area contributed by atoms with E-state index < -0.39 is 0 Å². The number of nitrogens with zero attached hydrogens (tertiary/aromatic N) is 3. The second-order valence-electron chi connectivity index (χ2n) is 8.14. The van der Waals surface area contributed by atoms with Crippen molar-refractivity contribution in [1.29, 1.82) is 0 Å². The molecule has 0 bridgehead atoms. The minimum Gasteiger partial charge on any atom is -0.348 e. The molecule has 4 rings (SSSR count). The fraction of sp³-hybridized carbons (Fsp3) is 0.240. The first-order chi connectivity index (χ1) is 14.8. The third-order valence-corrected chi connectivity index (χ3v) is 5.53. The number of fused-ring (bicyclic) bond motifs is 1. The fourth-order valence-corrected chi connectivity index (χ4v) is 3.45. The Labute approximate surface area is 180 Å². The zero-order valence-electron chi connectivity index (χ0n) is 18.1. The molecule has 0 radical (unpaired) electrons. The lowest BCUT2D eigenvalue weighted by molar-refractivity contribution is 0.0925. The maximum Gasteiger partial charge on any atom is 0.270 e. The van der Waals surface area contributed by atoms with Crippen molar-refractivity contribution in [3.05, 3.63) is 77.7 Å². The molecule has 1 atom stereocenters. The van der Waals surface area contributed by atoms with E-state index in [1.165, 1.54) is 12.1 Å².